The molecular formula is C12H8N3O. The smallest absolute Gasteiger partial charge is 0.243 e. The van der Waals surface area contributed by atoms with Gasteiger partial charge in [0.25, 0.3) is 0 Å². The molecule has 77 valence electrons. The van der Waals surface area contributed by atoms with Crippen molar-refractivity contribution in [3.8, 4) is 5.88 Å². The first-order chi connectivity index (χ1) is 7.93. The lowest BCUT2D eigenvalue weighted by Crippen LogP contribution is -2.08. The Balaban J connectivity index is 1.95. The molecule has 0 fully saturated rings. The van der Waals surface area contributed by atoms with E-state index < -0.39 is 0 Å². The average Bonchev–Trinajstić information content (AvgIpc) is 2.39. The molecule has 0 saturated carbocycles. The summed E-state index contributed by atoms with van der Waals surface area (Å²) >= 11 is 0. The fourth-order valence-electron chi connectivity index (χ4n) is 1.44. The van der Waals surface area contributed by atoms with E-state index in [2.05, 4.69) is 21.4 Å². The highest BCUT2D eigenvalue weighted by atomic mass is 16.5. The highest BCUT2D eigenvalue weighted by Gasteiger charge is 2.14. The van der Waals surface area contributed by atoms with E-state index in [4.69, 9.17) is 4.74 Å². The van der Waals surface area contributed by atoms with Gasteiger partial charge in [-0.1, -0.05) is 6.07 Å². The van der Waals surface area contributed by atoms with E-state index in [-0.39, 0.29) is 0 Å². The molecule has 0 aliphatic carbocycles. The van der Waals surface area contributed by atoms with Gasteiger partial charge in [0.1, 0.15) is 11.4 Å². The van der Waals surface area contributed by atoms with E-state index >= 15 is 0 Å². The van der Waals surface area contributed by atoms with E-state index in [9.17, 15) is 0 Å². The van der Waals surface area contributed by atoms with Crippen molar-refractivity contribution in [3.05, 3.63) is 54.6 Å². The van der Waals surface area contributed by atoms with Crippen molar-refractivity contribution < 1.29 is 4.74 Å². The summed E-state index contributed by atoms with van der Waals surface area (Å²) in [6.07, 6.45) is 5.06. The van der Waals surface area contributed by atoms with Crippen molar-refractivity contribution in [1.29, 1.82) is 0 Å². The van der Waals surface area contributed by atoms with Crippen LogP contribution in [0.2, 0.25) is 0 Å². The zero-order valence-electron chi connectivity index (χ0n) is 8.34. The largest absolute Gasteiger partial charge is 0.433 e. The summed E-state index contributed by atoms with van der Waals surface area (Å²) in [6.45, 7) is 0. The molecule has 0 bridgehead atoms. The van der Waals surface area contributed by atoms with Crippen molar-refractivity contribution >= 4 is 11.4 Å². The van der Waals surface area contributed by atoms with Crippen molar-refractivity contribution in [3.63, 3.8) is 0 Å². The Morgan fingerprint density at radius 3 is 3.12 bits per heavy atom. The van der Waals surface area contributed by atoms with E-state index in [0.717, 1.165) is 11.4 Å². The van der Waals surface area contributed by atoms with Gasteiger partial charge in [0.15, 0.2) is 5.76 Å². The molecule has 2 aromatic rings. The van der Waals surface area contributed by atoms with Gasteiger partial charge in [-0.15, -0.1) is 0 Å². The molecule has 0 atom stereocenters. The number of aromatic nitrogens is 2. The molecule has 0 aromatic carbocycles. The number of anilines is 1. The number of nitrogens with zero attached hydrogens (tertiary/aromatic N) is 2. The first-order valence-electron chi connectivity index (χ1n) is 4.85. The first kappa shape index (κ1) is 8.91. The minimum absolute atomic E-state index is 0.543. The molecule has 3 heterocycles. The third-order valence-corrected chi connectivity index (χ3v) is 2.20. The van der Waals surface area contributed by atoms with Gasteiger partial charge in [-0.3, -0.25) is 4.98 Å². The van der Waals surface area contributed by atoms with Gasteiger partial charge in [0.05, 0.1) is 0 Å². The van der Waals surface area contributed by atoms with Crippen molar-refractivity contribution in [2.75, 3.05) is 5.32 Å². The molecule has 0 unspecified atom stereocenters. The second-order valence-electron chi connectivity index (χ2n) is 3.26. The Bertz CT molecular complexity index is 537. The van der Waals surface area contributed by atoms with Crippen LogP contribution >= 0.6 is 0 Å². The molecule has 4 heteroatoms. The average molecular weight is 210 g/mol. The van der Waals surface area contributed by atoms with Gasteiger partial charge in [-0.05, 0) is 18.2 Å². The van der Waals surface area contributed by atoms with Crippen LogP contribution in [0.3, 0.4) is 0 Å². The molecule has 0 spiro atoms. The Kier molecular flexibility index (Phi) is 2.04. The predicted molar refractivity (Wildman–Crippen MR) is 59.5 cm³/mol. The third kappa shape index (κ3) is 1.50. The monoisotopic (exact) mass is 210 g/mol. The van der Waals surface area contributed by atoms with Gasteiger partial charge in [-0.25, -0.2) is 4.98 Å². The standard InChI is InChI=1S/C12H8N3O/c1-2-6-13-9(4-1)11-8-15-10-5-3-7-14-12(10)16-11/h1-2,4-8,15H. The second kappa shape index (κ2) is 3.66. The SMILES string of the molecule is [c]1cnc2c(c1)NC=C(c1ccccn1)O2. The zero-order chi connectivity index (χ0) is 10.8. The van der Waals surface area contributed by atoms with Crippen LogP contribution in [0.5, 0.6) is 5.88 Å². The summed E-state index contributed by atoms with van der Waals surface area (Å²) in [5, 5.41) is 3.09. The molecule has 1 aliphatic heterocycles. The van der Waals surface area contributed by atoms with Crippen LogP contribution in [0.4, 0.5) is 5.69 Å². The normalized spacial score (nSPS) is 13.1. The van der Waals surface area contributed by atoms with Crippen molar-refractivity contribution in [1.82, 2.24) is 9.97 Å². The lowest BCUT2D eigenvalue weighted by atomic mass is 10.3. The Morgan fingerprint density at radius 2 is 2.25 bits per heavy atom. The zero-order valence-corrected chi connectivity index (χ0v) is 8.34. The minimum Gasteiger partial charge on any atom is -0.433 e. The Hall–Kier alpha value is -2.36. The summed E-state index contributed by atoms with van der Waals surface area (Å²) in [5.41, 5.74) is 1.58. The number of rotatable bonds is 1. The van der Waals surface area contributed by atoms with E-state index in [0.29, 0.717) is 11.6 Å². The first-order valence-corrected chi connectivity index (χ1v) is 4.85. The van der Waals surface area contributed by atoms with Crippen molar-refractivity contribution in [2.45, 2.75) is 0 Å². The lowest BCUT2D eigenvalue weighted by Gasteiger charge is -2.16. The molecule has 1 N–H and O–H groups in total. The van der Waals surface area contributed by atoms with Gasteiger partial charge in [0, 0.05) is 24.7 Å². The molecule has 3 rings (SSSR count). The molecule has 0 amide bonds. The number of hydrogen-bond donors (Lipinski definition) is 1. The fourth-order valence-corrected chi connectivity index (χ4v) is 1.44. The van der Waals surface area contributed by atoms with Crippen LogP contribution in [-0.2, 0) is 0 Å². The Morgan fingerprint density at radius 1 is 1.25 bits per heavy atom. The summed E-state index contributed by atoms with van der Waals surface area (Å²) in [6, 6.07) is 10.3. The number of hydrogen-bond acceptors (Lipinski definition) is 4. The van der Waals surface area contributed by atoms with E-state index in [1.807, 2.05) is 18.2 Å². The number of pyridine rings is 2. The van der Waals surface area contributed by atoms with Crippen LogP contribution < -0.4 is 10.1 Å². The maximum atomic E-state index is 5.62. The van der Waals surface area contributed by atoms with Gasteiger partial charge < -0.3 is 10.1 Å². The minimum atomic E-state index is 0.543. The maximum Gasteiger partial charge on any atom is 0.243 e. The van der Waals surface area contributed by atoms with Gasteiger partial charge in [-0.2, -0.15) is 0 Å². The number of fused-ring (bicyclic) bond motifs is 1. The number of ether oxygens (including phenoxy) is 1. The summed E-state index contributed by atoms with van der Waals surface area (Å²) in [7, 11) is 0. The predicted octanol–water partition coefficient (Wildman–Crippen LogP) is 2.08. The van der Waals surface area contributed by atoms with E-state index in [1.165, 1.54) is 0 Å². The Labute approximate surface area is 92.6 Å². The maximum absolute atomic E-state index is 5.62. The molecule has 1 aliphatic rings. The quantitative estimate of drug-likeness (QED) is 0.782. The highest BCUT2D eigenvalue weighted by molar-refractivity contribution is 5.69. The second-order valence-corrected chi connectivity index (χ2v) is 3.26. The summed E-state index contributed by atoms with van der Waals surface area (Å²) < 4.78 is 5.62. The topological polar surface area (TPSA) is 47.0 Å². The van der Waals surface area contributed by atoms with E-state index in [1.54, 1.807) is 24.7 Å². The van der Waals surface area contributed by atoms with Crippen LogP contribution in [0.15, 0.2) is 42.9 Å². The van der Waals surface area contributed by atoms with Crippen LogP contribution in [0, 0.1) is 6.07 Å². The van der Waals surface area contributed by atoms with Crippen LogP contribution in [0.1, 0.15) is 5.69 Å². The third-order valence-electron chi connectivity index (χ3n) is 2.20. The summed E-state index contributed by atoms with van der Waals surface area (Å²) in [5.74, 6) is 1.20. The molecule has 0 saturated heterocycles. The highest BCUT2D eigenvalue weighted by Crippen LogP contribution is 2.29. The van der Waals surface area contributed by atoms with Crippen molar-refractivity contribution in [2.24, 2.45) is 0 Å². The van der Waals surface area contributed by atoms with Gasteiger partial charge in [0.2, 0.25) is 5.88 Å². The number of nitrogens with one attached hydrogen (secondary N) is 1. The van der Waals surface area contributed by atoms with Gasteiger partial charge >= 0.3 is 0 Å². The molecule has 4 nitrogen and oxygen atoms in total. The molecule has 2 aromatic heterocycles. The van der Waals surface area contributed by atoms with Crippen LogP contribution in [-0.4, -0.2) is 9.97 Å². The molecule has 1 radical (unpaired) electrons. The molecular weight excluding hydrogens is 202 g/mol. The summed E-state index contributed by atoms with van der Waals surface area (Å²) in [4.78, 5) is 8.29. The van der Waals surface area contributed by atoms with Crippen LogP contribution in [0.25, 0.3) is 5.76 Å². The lowest BCUT2D eigenvalue weighted by molar-refractivity contribution is 0.487. The molecule has 16 heavy (non-hydrogen) atoms. The fraction of sp³-hybridized carbons (Fsp3) is 0.